The first-order valence-electron chi connectivity index (χ1n) is 8.05. The van der Waals surface area contributed by atoms with Gasteiger partial charge in [0.05, 0.1) is 5.38 Å². The van der Waals surface area contributed by atoms with Crippen LogP contribution in [-0.4, -0.2) is 0 Å². The zero-order valence-electron chi connectivity index (χ0n) is 13.5. The Morgan fingerprint density at radius 3 is 2.38 bits per heavy atom. The van der Waals surface area contributed by atoms with Crippen LogP contribution in [0, 0.1) is 11.3 Å². The fourth-order valence-electron chi connectivity index (χ4n) is 3.33. The molecule has 2 atom stereocenters. The topological polar surface area (TPSA) is 0 Å². The molecule has 2 aromatic carbocycles. The third-order valence-electron chi connectivity index (χ3n) is 5.29. The maximum absolute atomic E-state index is 6.81. The highest BCUT2D eigenvalue weighted by Gasteiger charge is 2.25. The molecule has 0 nitrogen and oxygen atoms in total. The Bertz CT molecular complexity index is 653. The molecule has 0 heterocycles. The van der Waals surface area contributed by atoms with Gasteiger partial charge in [-0.3, -0.25) is 0 Å². The third kappa shape index (κ3) is 2.71. The molecule has 3 rings (SSSR count). The van der Waals surface area contributed by atoms with Crippen LogP contribution in [-0.2, 0) is 12.8 Å². The Balaban J connectivity index is 1.98. The minimum Gasteiger partial charge on any atom is -0.118 e. The van der Waals surface area contributed by atoms with Gasteiger partial charge < -0.3 is 0 Å². The van der Waals surface area contributed by atoms with Gasteiger partial charge in [0.15, 0.2) is 0 Å². The third-order valence-corrected chi connectivity index (χ3v) is 5.70. The van der Waals surface area contributed by atoms with Gasteiger partial charge in [0.2, 0.25) is 0 Å². The fourth-order valence-corrected chi connectivity index (χ4v) is 3.79. The van der Waals surface area contributed by atoms with E-state index >= 15 is 0 Å². The summed E-state index contributed by atoms with van der Waals surface area (Å²) in [6, 6.07) is 11.3. The molecule has 112 valence electrons. The molecular formula is C20H25Cl. The van der Waals surface area contributed by atoms with Crippen LogP contribution < -0.4 is 0 Å². The molecule has 1 aliphatic carbocycles. The van der Waals surface area contributed by atoms with Crippen LogP contribution in [0.15, 0.2) is 30.3 Å². The van der Waals surface area contributed by atoms with Crippen LogP contribution in [0.3, 0.4) is 0 Å². The molecule has 0 aromatic heterocycles. The number of benzene rings is 2. The highest BCUT2D eigenvalue weighted by atomic mass is 35.5. The van der Waals surface area contributed by atoms with Crippen molar-refractivity contribution in [3.8, 4) is 0 Å². The molecule has 0 bridgehead atoms. The van der Waals surface area contributed by atoms with Crippen molar-refractivity contribution in [1.29, 1.82) is 0 Å². The van der Waals surface area contributed by atoms with E-state index in [9.17, 15) is 0 Å². The number of aryl methyl sites for hydroxylation is 2. The normalized spacial score (nSPS) is 17.2. The summed E-state index contributed by atoms with van der Waals surface area (Å²) in [6.07, 6.45) is 3.40. The van der Waals surface area contributed by atoms with Crippen molar-refractivity contribution in [2.24, 2.45) is 11.3 Å². The van der Waals surface area contributed by atoms with Crippen molar-refractivity contribution >= 4 is 22.4 Å². The summed E-state index contributed by atoms with van der Waals surface area (Å²) in [5.74, 6) is 0.600. The van der Waals surface area contributed by atoms with Crippen molar-refractivity contribution in [3.05, 3.63) is 47.0 Å². The first-order valence-corrected chi connectivity index (χ1v) is 8.49. The van der Waals surface area contributed by atoms with Crippen LogP contribution in [0.1, 0.15) is 56.2 Å². The van der Waals surface area contributed by atoms with Gasteiger partial charge in [0.25, 0.3) is 0 Å². The molecule has 0 spiro atoms. The lowest BCUT2D eigenvalue weighted by atomic mass is 9.78. The van der Waals surface area contributed by atoms with Crippen LogP contribution >= 0.6 is 11.6 Å². The first-order chi connectivity index (χ1) is 9.88. The Hall–Kier alpha value is -1.01. The van der Waals surface area contributed by atoms with Gasteiger partial charge in [-0.2, -0.15) is 0 Å². The van der Waals surface area contributed by atoms with E-state index in [1.807, 2.05) is 0 Å². The van der Waals surface area contributed by atoms with Crippen LogP contribution in [0.2, 0.25) is 0 Å². The Labute approximate surface area is 133 Å². The second kappa shape index (κ2) is 5.32. The van der Waals surface area contributed by atoms with E-state index in [1.54, 1.807) is 0 Å². The number of hydrogen-bond donors (Lipinski definition) is 0. The summed E-state index contributed by atoms with van der Waals surface area (Å²) in [5.41, 5.74) is 4.62. The lowest BCUT2D eigenvalue weighted by Crippen LogP contribution is -2.18. The summed E-state index contributed by atoms with van der Waals surface area (Å²) >= 11 is 6.81. The minimum absolute atomic E-state index is 0.101. The number of alkyl halides is 1. The lowest BCUT2D eigenvalue weighted by Gasteiger charge is -2.29. The maximum Gasteiger partial charge on any atom is 0.0594 e. The average Bonchev–Trinajstić information content (AvgIpc) is 2.83. The molecule has 0 aliphatic heterocycles. The van der Waals surface area contributed by atoms with Gasteiger partial charge in [0.1, 0.15) is 0 Å². The summed E-state index contributed by atoms with van der Waals surface area (Å²) in [4.78, 5) is 0. The molecule has 0 radical (unpaired) electrons. The summed E-state index contributed by atoms with van der Waals surface area (Å²) < 4.78 is 0. The van der Waals surface area contributed by atoms with Gasteiger partial charge >= 0.3 is 0 Å². The molecule has 0 saturated heterocycles. The maximum atomic E-state index is 6.81. The van der Waals surface area contributed by atoms with E-state index < -0.39 is 0 Å². The van der Waals surface area contributed by atoms with Crippen LogP contribution in [0.25, 0.3) is 10.8 Å². The van der Waals surface area contributed by atoms with Gasteiger partial charge in [-0.1, -0.05) is 58.0 Å². The quantitative estimate of drug-likeness (QED) is 0.584. The van der Waals surface area contributed by atoms with Crippen LogP contribution in [0.4, 0.5) is 0 Å². The predicted molar refractivity (Wildman–Crippen MR) is 93.2 cm³/mol. The second-order valence-electron chi connectivity index (χ2n) is 7.62. The molecule has 2 aromatic rings. The lowest BCUT2D eigenvalue weighted by molar-refractivity contribution is 0.245. The Morgan fingerprint density at radius 1 is 1.05 bits per heavy atom. The summed E-state index contributed by atoms with van der Waals surface area (Å²) in [6.45, 7) is 9.22. The van der Waals surface area contributed by atoms with E-state index in [4.69, 9.17) is 11.6 Å². The fraction of sp³-hybridized carbons (Fsp3) is 0.500. The number of hydrogen-bond acceptors (Lipinski definition) is 0. The highest BCUT2D eigenvalue weighted by Crippen LogP contribution is 2.41. The monoisotopic (exact) mass is 300 g/mol. The highest BCUT2D eigenvalue weighted by molar-refractivity contribution is 6.22. The molecule has 0 N–H and O–H groups in total. The van der Waals surface area contributed by atoms with Gasteiger partial charge in [-0.15, -0.1) is 11.6 Å². The zero-order valence-corrected chi connectivity index (χ0v) is 14.3. The van der Waals surface area contributed by atoms with Gasteiger partial charge in [-0.25, -0.2) is 0 Å². The van der Waals surface area contributed by atoms with Crippen molar-refractivity contribution in [2.45, 2.75) is 52.3 Å². The van der Waals surface area contributed by atoms with Crippen molar-refractivity contribution < 1.29 is 0 Å². The Morgan fingerprint density at radius 2 is 1.71 bits per heavy atom. The summed E-state index contributed by atoms with van der Waals surface area (Å²) in [7, 11) is 0. The summed E-state index contributed by atoms with van der Waals surface area (Å²) in [5, 5.41) is 2.96. The van der Waals surface area contributed by atoms with Gasteiger partial charge in [-0.05, 0) is 58.1 Å². The minimum atomic E-state index is 0.101. The average molecular weight is 301 g/mol. The van der Waals surface area contributed by atoms with E-state index in [-0.39, 0.29) is 5.38 Å². The standard InChI is InChI=1S/C20H25Cl/c1-13(20(2,3)4)12-18(21)16-11-10-15-9-8-14-6-5-7-17(16)19(14)15/h5-7,10-11,13,18H,8-9,12H2,1-4H3. The molecule has 1 aliphatic rings. The Kier molecular flexibility index (Phi) is 3.78. The van der Waals surface area contributed by atoms with Crippen molar-refractivity contribution in [2.75, 3.05) is 0 Å². The largest absolute Gasteiger partial charge is 0.118 e. The van der Waals surface area contributed by atoms with E-state index in [1.165, 1.54) is 40.3 Å². The number of rotatable bonds is 3. The molecule has 1 heteroatoms. The zero-order chi connectivity index (χ0) is 15.2. The van der Waals surface area contributed by atoms with E-state index in [2.05, 4.69) is 58.0 Å². The first kappa shape index (κ1) is 14.9. The number of halogens is 1. The van der Waals surface area contributed by atoms with Crippen molar-refractivity contribution in [1.82, 2.24) is 0 Å². The second-order valence-corrected chi connectivity index (χ2v) is 8.15. The molecule has 0 amide bonds. The predicted octanol–water partition coefficient (Wildman–Crippen LogP) is 6.29. The molecule has 21 heavy (non-hydrogen) atoms. The van der Waals surface area contributed by atoms with E-state index in [0.717, 1.165) is 6.42 Å². The smallest absolute Gasteiger partial charge is 0.0594 e. The van der Waals surface area contributed by atoms with Gasteiger partial charge in [0, 0.05) is 0 Å². The molecular weight excluding hydrogens is 276 g/mol. The molecule has 0 fully saturated rings. The molecule has 0 saturated carbocycles. The molecule has 2 unspecified atom stereocenters. The van der Waals surface area contributed by atoms with Crippen molar-refractivity contribution in [3.63, 3.8) is 0 Å². The SMILES string of the molecule is CC(CC(Cl)c1ccc2c3c(cccc13)CC2)C(C)(C)C. The van der Waals surface area contributed by atoms with E-state index in [0.29, 0.717) is 11.3 Å². The van der Waals surface area contributed by atoms with Crippen LogP contribution in [0.5, 0.6) is 0 Å².